The summed E-state index contributed by atoms with van der Waals surface area (Å²) in [7, 11) is 0. The summed E-state index contributed by atoms with van der Waals surface area (Å²) in [5, 5.41) is 5.25. The van der Waals surface area contributed by atoms with E-state index in [2.05, 4.69) is 25.0 Å². The third kappa shape index (κ3) is 6.13. The van der Waals surface area contributed by atoms with E-state index in [0.29, 0.717) is 12.4 Å². The number of aryl methyl sites for hydroxylation is 1. The number of nitrogens with two attached hydrogens (primary N) is 1. The van der Waals surface area contributed by atoms with Crippen molar-refractivity contribution in [2.75, 3.05) is 25.4 Å². The lowest BCUT2D eigenvalue weighted by Gasteiger charge is -2.13. The van der Waals surface area contributed by atoms with Gasteiger partial charge >= 0.3 is 6.01 Å². The minimum atomic E-state index is 0.279. The average molecular weight is 424 g/mol. The molecule has 8 heteroatoms. The van der Waals surface area contributed by atoms with Crippen LogP contribution in [0.25, 0.3) is 11.0 Å². The fourth-order valence-electron chi connectivity index (χ4n) is 4.12. The highest BCUT2D eigenvalue weighted by atomic mass is 16.5. The topological polar surface area (TPSA) is 95.0 Å². The number of hydrogen-bond donors (Lipinski definition) is 1. The van der Waals surface area contributed by atoms with Crippen molar-refractivity contribution in [3.63, 3.8) is 0 Å². The predicted molar refractivity (Wildman–Crippen MR) is 122 cm³/mol. The lowest BCUT2D eigenvalue weighted by atomic mass is 10.1. The van der Waals surface area contributed by atoms with Crippen molar-refractivity contribution in [1.29, 1.82) is 0 Å². The average Bonchev–Trinajstić information content (AvgIpc) is 3.45. The Balaban J connectivity index is 1.21. The van der Waals surface area contributed by atoms with Crippen LogP contribution in [0.5, 0.6) is 6.01 Å². The first-order valence-corrected chi connectivity index (χ1v) is 11.5. The Morgan fingerprint density at radius 3 is 2.39 bits per heavy atom. The van der Waals surface area contributed by atoms with Gasteiger partial charge < -0.3 is 15.4 Å². The number of fused-ring (bicyclic) bond motifs is 1. The molecule has 0 unspecified atom stereocenters. The van der Waals surface area contributed by atoms with Gasteiger partial charge in [-0.05, 0) is 63.0 Å². The van der Waals surface area contributed by atoms with E-state index in [9.17, 15) is 0 Å². The molecule has 3 aromatic heterocycles. The van der Waals surface area contributed by atoms with E-state index in [-0.39, 0.29) is 6.01 Å². The van der Waals surface area contributed by atoms with Crippen LogP contribution in [-0.2, 0) is 13.2 Å². The Hall–Kier alpha value is -2.74. The summed E-state index contributed by atoms with van der Waals surface area (Å²) in [4.78, 5) is 15.4. The number of aromatic nitrogens is 5. The third-order valence-electron chi connectivity index (χ3n) is 5.92. The second-order valence-corrected chi connectivity index (χ2v) is 8.31. The zero-order valence-corrected chi connectivity index (χ0v) is 18.2. The molecular formula is C23H33N7O. The minimum Gasteiger partial charge on any atom is -0.458 e. The fraction of sp³-hybridized carbons (Fsp3) is 0.565. The zero-order valence-electron chi connectivity index (χ0n) is 18.2. The molecule has 0 bridgehead atoms. The maximum Gasteiger partial charge on any atom is 0.320 e. The summed E-state index contributed by atoms with van der Waals surface area (Å²) in [5.41, 5.74) is 7.85. The fourth-order valence-corrected chi connectivity index (χ4v) is 4.12. The molecule has 2 N–H and O–H groups in total. The van der Waals surface area contributed by atoms with Gasteiger partial charge in [0.05, 0.1) is 11.6 Å². The quantitative estimate of drug-likeness (QED) is 0.443. The van der Waals surface area contributed by atoms with Crippen LogP contribution in [0.4, 0.5) is 5.82 Å². The van der Waals surface area contributed by atoms with E-state index in [1.54, 1.807) is 18.6 Å². The van der Waals surface area contributed by atoms with E-state index in [1.807, 2.05) is 16.8 Å². The lowest BCUT2D eigenvalue weighted by Crippen LogP contribution is -2.20. The maximum atomic E-state index is 6.11. The molecule has 0 aromatic carbocycles. The summed E-state index contributed by atoms with van der Waals surface area (Å²) in [6.45, 7) is 5.10. The smallest absolute Gasteiger partial charge is 0.320 e. The van der Waals surface area contributed by atoms with Gasteiger partial charge in [-0.2, -0.15) is 15.1 Å². The number of nitrogen functional groups attached to an aromatic ring is 1. The molecule has 8 nitrogen and oxygen atoms in total. The van der Waals surface area contributed by atoms with E-state index >= 15 is 0 Å². The Morgan fingerprint density at radius 1 is 0.903 bits per heavy atom. The highest BCUT2D eigenvalue weighted by molar-refractivity contribution is 5.85. The van der Waals surface area contributed by atoms with E-state index < -0.39 is 0 Å². The van der Waals surface area contributed by atoms with Crippen LogP contribution >= 0.6 is 0 Å². The molecular weight excluding hydrogens is 390 g/mol. The standard InChI is InChI=1S/C23H33N7O/c24-21-20-17-26-30(16-6-4-2-1-3-5-13-29-14-7-8-15-29)22(20)28-23(27-21)31-18-19-9-11-25-12-10-19/h9-12,17H,1-8,13-16,18H2,(H2,24,27,28). The first-order valence-electron chi connectivity index (χ1n) is 11.5. The van der Waals surface area contributed by atoms with Crippen LogP contribution in [0.2, 0.25) is 0 Å². The summed E-state index contributed by atoms with van der Waals surface area (Å²) < 4.78 is 7.66. The summed E-state index contributed by atoms with van der Waals surface area (Å²) in [6.07, 6.45) is 15.5. The number of hydrogen-bond acceptors (Lipinski definition) is 7. The van der Waals surface area contributed by atoms with Crippen LogP contribution in [0, 0.1) is 0 Å². The maximum absolute atomic E-state index is 6.11. The molecule has 0 atom stereocenters. The zero-order chi connectivity index (χ0) is 21.3. The van der Waals surface area contributed by atoms with Gasteiger partial charge in [0.15, 0.2) is 5.65 Å². The molecule has 0 radical (unpaired) electrons. The first kappa shape index (κ1) is 21.5. The summed E-state index contributed by atoms with van der Waals surface area (Å²) in [5.74, 6) is 0.402. The van der Waals surface area contributed by atoms with Crippen molar-refractivity contribution in [2.24, 2.45) is 0 Å². The Labute approximate surface area is 183 Å². The summed E-state index contributed by atoms with van der Waals surface area (Å²) >= 11 is 0. The molecule has 4 heterocycles. The van der Waals surface area contributed by atoms with Gasteiger partial charge in [-0.1, -0.05) is 25.7 Å². The molecule has 0 saturated carbocycles. The highest BCUT2D eigenvalue weighted by Gasteiger charge is 2.12. The molecule has 1 fully saturated rings. The Morgan fingerprint density at radius 2 is 1.61 bits per heavy atom. The monoisotopic (exact) mass is 423 g/mol. The van der Waals surface area contributed by atoms with Gasteiger partial charge in [0.1, 0.15) is 12.4 Å². The second kappa shape index (κ2) is 11.0. The minimum absolute atomic E-state index is 0.279. The van der Waals surface area contributed by atoms with Gasteiger partial charge in [0, 0.05) is 18.9 Å². The Bertz CT molecular complexity index is 938. The summed E-state index contributed by atoms with van der Waals surface area (Å²) in [6, 6.07) is 4.08. The van der Waals surface area contributed by atoms with Crippen molar-refractivity contribution >= 4 is 16.9 Å². The number of ether oxygens (including phenoxy) is 1. The number of rotatable bonds is 12. The first-order chi connectivity index (χ1) is 15.3. The second-order valence-electron chi connectivity index (χ2n) is 8.31. The Kier molecular flexibility index (Phi) is 7.65. The van der Waals surface area contributed by atoms with Gasteiger partial charge in [-0.15, -0.1) is 0 Å². The molecule has 0 amide bonds. The molecule has 3 aromatic rings. The normalized spacial score (nSPS) is 14.5. The number of anilines is 1. The van der Waals surface area contributed by atoms with Gasteiger partial charge in [-0.25, -0.2) is 4.68 Å². The van der Waals surface area contributed by atoms with Crippen molar-refractivity contribution < 1.29 is 4.74 Å². The van der Waals surface area contributed by atoms with Crippen LogP contribution in [0.15, 0.2) is 30.7 Å². The number of pyridine rings is 1. The van der Waals surface area contributed by atoms with Gasteiger partial charge in [0.2, 0.25) is 0 Å². The third-order valence-corrected chi connectivity index (χ3v) is 5.92. The number of nitrogens with zero attached hydrogens (tertiary/aromatic N) is 6. The molecule has 4 rings (SSSR count). The predicted octanol–water partition coefficient (Wildman–Crippen LogP) is 3.82. The van der Waals surface area contributed by atoms with Crippen LogP contribution in [-0.4, -0.2) is 49.3 Å². The van der Waals surface area contributed by atoms with Crippen molar-refractivity contribution in [3.8, 4) is 6.01 Å². The number of likely N-dealkylation sites (tertiary alicyclic amines) is 1. The largest absolute Gasteiger partial charge is 0.458 e. The van der Waals surface area contributed by atoms with E-state index in [1.165, 1.54) is 64.6 Å². The molecule has 0 aliphatic carbocycles. The lowest BCUT2D eigenvalue weighted by molar-refractivity contribution is 0.282. The molecule has 1 aliphatic rings. The van der Waals surface area contributed by atoms with Crippen LogP contribution in [0.3, 0.4) is 0 Å². The highest BCUT2D eigenvalue weighted by Crippen LogP contribution is 2.21. The SMILES string of the molecule is Nc1nc(OCc2ccncc2)nc2c1cnn2CCCCCCCCN1CCCC1. The number of unbranched alkanes of at least 4 members (excludes halogenated alkanes) is 5. The molecule has 0 spiro atoms. The van der Waals surface area contributed by atoms with Gasteiger partial charge in [0.25, 0.3) is 0 Å². The van der Waals surface area contributed by atoms with Crippen molar-refractivity contribution in [1.82, 2.24) is 29.6 Å². The van der Waals surface area contributed by atoms with E-state index in [4.69, 9.17) is 10.5 Å². The van der Waals surface area contributed by atoms with Crippen molar-refractivity contribution in [3.05, 3.63) is 36.3 Å². The molecule has 166 valence electrons. The molecule has 31 heavy (non-hydrogen) atoms. The van der Waals surface area contributed by atoms with Gasteiger partial charge in [-0.3, -0.25) is 4.98 Å². The van der Waals surface area contributed by atoms with Crippen molar-refractivity contribution in [2.45, 2.75) is 64.5 Å². The molecule has 1 aliphatic heterocycles. The van der Waals surface area contributed by atoms with Crippen LogP contribution in [0.1, 0.15) is 56.9 Å². The van der Waals surface area contributed by atoms with E-state index in [0.717, 1.165) is 29.6 Å². The van der Waals surface area contributed by atoms with Crippen LogP contribution < -0.4 is 10.5 Å². The molecule has 1 saturated heterocycles.